The molecule has 7 atom stereocenters. The van der Waals surface area contributed by atoms with Crippen molar-refractivity contribution in [1.29, 1.82) is 0 Å². The Kier molecular flexibility index (Phi) is 24.9. The number of amides is 1. The minimum absolute atomic E-state index is 0.268. The Morgan fingerprint density at radius 3 is 1.85 bits per heavy atom. The quantitative estimate of drug-likeness (QED) is 0.0355. The smallest absolute Gasteiger partial charge is 0.394 e. The summed E-state index contributed by atoms with van der Waals surface area (Å²) in [6.45, 7) is 3.29. The predicted molar refractivity (Wildman–Crippen MR) is 181 cm³/mol. The highest BCUT2D eigenvalue weighted by Gasteiger charge is 2.48. The fourth-order valence-corrected chi connectivity index (χ4v) is 6.20. The van der Waals surface area contributed by atoms with Crippen molar-refractivity contribution in [3.8, 4) is 0 Å². The Labute approximate surface area is 283 Å². The van der Waals surface area contributed by atoms with Crippen LogP contribution < -0.4 is 5.32 Å². The van der Waals surface area contributed by atoms with Crippen molar-refractivity contribution in [2.75, 3.05) is 13.2 Å². The lowest BCUT2D eigenvalue weighted by molar-refractivity contribution is -0.298. The normalized spacial score (nSPS) is 23.3. The van der Waals surface area contributed by atoms with Gasteiger partial charge in [-0.05, 0) is 19.3 Å². The Morgan fingerprint density at radius 1 is 0.830 bits per heavy atom. The third kappa shape index (κ3) is 20.8. The third-order valence-corrected chi connectivity index (χ3v) is 9.03. The molecule has 47 heavy (non-hydrogen) atoms. The second-order valence-corrected chi connectivity index (χ2v) is 13.9. The Bertz CT molecular complexity index is 920. The van der Waals surface area contributed by atoms with Gasteiger partial charge in [-0.15, -0.1) is 0 Å². The van der Waals surface area contributed by atoms with Crippen molar-refractivity contribution in [1.82, 2.24) is 5.32 Å². The largest absolute Gasteiger partial charge is 0.397 e. The summed E-state index contributed by atoms with van der Waals surface area (Å²) in [6.07, 6.45) is 15.7. The summed E-state index contributed by atoms with van der Waals surface area (Å²) in [5.74, 6) is -0.268. The first-order chi connectivity index (χ1) is 22.5. The molecule has 12 nitrogen and oxygen atoms in total. The van der Waals surface area contributed by atoms with Crippen LogP contribution in [0, 0.1) is 0 Å². The Hall–Kier alpha value is -1.16. The van der Waals surface area contributed by atoms with Gasteiger partial charge in [0.05, 0.1) is 25.4 Å². The van der Waals surface area contributed by atoms with Crippen LogP contribution in [0.25, 0.3) is 0 Å². The Morgan fingerprint density at radius 2 is 1.34 bits per heavy atom. The average molecular weight is 696 g/mol. The number of nitrogens with one attached hydrogen (secondary N) is 1. The molecule has 0 radical (unpaired) electrons. The minimum Gasteiger partial charge on any atom is -0.394 e. The van der Waals surface area contributed by atoms with E-state index in [1.807, 2.05) is 6.08 Å². The summed E-state index contributed by atoms with van der Waals surface area (Å²) in [5, 5.41) is 44.2. The van der Waals surface area contributed by atoms with Gasteiger partial charge in [0.2, 0.25) is 5.91 Å². The number of aliphatic hydroxyl groups is 4. The van der Waals surface area contributed by atoms with Crippen LogP contribution in [0.1, 0.15) is 142 Å². The van der Waals surface area contributed by atoms with Crippen molar-refractivity contribution < 1.29 is 51.8 Å². The van der Waals surface area contributed by atoms with Crippen molar-refractivity contribution in [3.05, 3.63) is 12.2 Å². The Balaban J connectivity index is 2.68. The molecule has 7 unspecified atom stereocenters. The van der Waals surface area contributed by atoms with Crippen LogP contribution in [0.2, 0.25) is 0 Å². The van der Waals surface area contributed by atoms with E-state index in [2.05, 4.69) is 23.3 Å². The van der Waals surface area contributed by atoms with Crippen LogP contribution >= 0.6 is 0 Å². The van der Waals surface area contributed by atoms with Crippen LogP contribution in [0.15, 0.2) is 12.2 Å². The highest BCUT2D eigenvalue weighted by Crippen LogP contribution is 2.26. The van der Waals surface area contributed by atoms with Gasteiger partial charge in [-0.25, -0.2) is 4.18 Å². The topological polar surface area (TPSA) is 192 Å². The molecule has 0 bridgehead atoms. The van der Waals surface area contributed by atoms with Gasteiger partial charge >= 0.3 is 10.4 Å². The van der Waals surface area contributed by atoms with Gasteiger partial charge < -0.3 is 35.2 Å². The second kappa shape index (κ2) is 26.7. The highest BCUT2D eigenvalue weighted by atomic mass is 32.3. The maximum Gasteiger partial charge on any atom is 0.397 e. The van der Waals surface area contributed by atoms with Crippen molar-refractivity contribution >= 4 is 16.3 Å². The molecule has 1 fully saturated rings. The van der Waals surface area contributed by atoms with E-state index in [0.717, 1.165) is 44.9 Å². The molecule has 1 aliphatic heterocycles. The van der Waals surface area contributed by atoms with E-state index < -0.39 is 59.9 Å². The minimum atomic E-state index is -5.07. The van der Waals surface area contributed by atoms with Gasteiger partial charge in [-0.2, -0.15) is 8.42 Å². The summed E-state index contributed by atoms with van der Waals surface area (Å²) in [7, 11) is -5.07. The number of allylic oxidation sites excluding steroid dienone is 1. The first-order valence-electron chi connectivity index (χ1n) is 18.1. The van der Waals surface area contributed by atoms with Gasteiger partial charge in [0.1, 0.15) is 24.4 Å². The molecule has 0 aromatic rings. The van der Waals surface area contributed by atoms with Gasteiger partial charge in [-0.3, -0.25) is 9.35 Å². The molecule has 1 amide bonds. The van der Waals surface area contributed by atoms with E-state index in [9.17, 15) is 33.6 Å². The predicted octanol–water partition coefficient (Wildman–Crippen LogP) is 4.87. The van der Waals surface area contributed by atoms with E-state index in [1.54, 1.807) is 6.08 Å². The van der Waals surface area contributed by atoms with E-state index in [-0.39, 0.29) is 18.9 Å². The summed E-state index contributed by atoms with van der Waals surface area (Å²) in [6, 6.07) is -0.934. The third-order valence-electron chi connectivity index (χ3n) is 8.57. The van der Waals surface area contributed by atoms with Crippen LogP contribution in [0.5, 0.6) is 0 Å². The molecule has 6 N–H and O–H groups in total. The number of carbonyl (C=O) groups is 1. The highest BCUT2D eigenvalue weighted by molar-refractivity contribution is 7.80. The standard InChI is InChI=1S/C34H65NO11S/c1-3-5-7-9-11-13-14-16-18-20-22-24-30(38)35-27(28(37)23-21-19-17-15-12-10-8-6-4-2)26-44-34-32(40)33(46-47(41,42)43)31(39)29(25-36)45-34/h21,23,27-29,31-34,36-37,39-40H,3-20,22,24-26H2,1-2H3,(H,35,38)(H,41,42,43)/b23-21+. The monoisotopic (exact) mass is 695 g/mol. The lowest BCUT2D eigenvalue weighted by Gasteiger charge is -2.41. The summed E-state index contributed by atoms with van der Waals surface area (Å²) in [5.41, 5.74) is 0. The van der Waals surface area contributed by atoms with Gasteiger partial charge in [0.25, 0.3) is 0 Å². The maximum atomic E-state index is 12.8. The zero-order valence-corrected chi connectivity index (χ0v) is 29.7. The van der Waals surface area contributed by atoms with Gasteiger partial charge in [0.15, 0.2) is 6.29 Å². The molecule has 0 aromatic heterocycles. The second-order valence-electron chi connectivity index (χ2n) is 12.8. The zero-order valence-electron chi connectivity index (χ0n) is 28.8. The van der Waals surface area contributed by atoms with E-state index in [4.69, 9.17) is 14.0 Å². The van der Waals surface area contributed by atoms with Crippen LogP contribution in [-0.4, -0.2) is 95.4 Å². The molecular weight excluding hydrogens is 630 g/mol. The van der Waals surface area contributed by atoms with Crippen molar-refractivity contribution in [3.63, 3.8) is 0 Å². The number of ether oxygens (including phenoxy) is 2. The molecule has 278 valence electrons. The fourth-order valence-electron chi connectivity index (χ4n) is 5.69. The van der Waals surface area contributed by atoms with E-state index in [0.29, 0.717) is 6.42 Å². The molecule has 1 heterocycles. The maximum absolute atomic E-state index is 12.8. The first kappa shape index (κ1) is 43.9. The summed E-state index contributed by atoms with van der Waals surface area (Å²) in [4.78, 5) is 12.8. The summed E-state index contributed by atoms with van der Waals surface area (Å²) < 4.78 is 47.2. The SMILES string of the molecule is CCCCCCCCC/C=C/C(O)C(COC1OC(CO)C(O)C(OS(=O)(=O)O)C1O)NC(=O)CCCCCCCCCCCCC. The number of aliphatic hydroxyl groups excluding tert-OH is 4. The molecule has 0 saturated carbocycles. The van der Waals surface area contributed by atoms with Gasteiger partial charge in [0, 0.05) is 6.42 Å². The number of unbranched alkanes of at least 4 members (excludes halogenated alkanes) is 17. The lowest BCUT2D eigenvalue weighted by Crippen LogP contribution is -2.61. The molecule has 1 rings (SSSR count). The average Bonchev–Trinajstić information content (AvgIpc) is 3.03. The number of hydrogen-bond donors (Lipinski definition) is 6. The van der Waals surface area contributed by atoms with Crippen LogP contribution in [-0.2, 0) is 28.9 Å². The molecule has 0 aromatic carbocycles. The number of rotatable bonds is 29. The van der Waals surface area contributed by atoms with E-state index in [1.165, 1.54) is 70.6 Å². The summed E-state index contributed by atoms with van der Waals surface area (Å²) >= 11 is 0. The zero-order chi connectivity index (χ0) is 34.9. The number of hydrogen-bond acceptors (Lipinski definition) is 10. The molecule has 1 saturated heterocycles. The first-order valence-corrected chi connectivity index (χ1v) is 19.4. The lowest BCUT2D eigenvalue weighted by atomic mass is 9.99. The molecule has 13 heteroatoms. The van der Waals surface area contributed by atoms with Crippen LogP contribution in [0.3, 0.4) is 0 Å². The molecule has 0 aliphatic carbocycles. The molecule has 1 aliphatic rings. The van der Waals surface area contributed by atoms with Crippen molar-refractivity contribution in [2.24, 2.45) is 0 Å². The molecule has 0 spiro atoms. The molecular formula is C34H65NO11S. The number of carbonyl (C=O) groups excluding carboxylic acids is 1. The van der Waals surface area contributed by atoms with E-state index >= 15 is 0 Å². The van der Waals surface area contributed by atoms with Gasteiger partial charge in [-0.1, -0.05) is 129 Å². The van der Waals surface area contributed by atoms with Crippen molar-refractivity contribution in [2.45, 2.75) is 185 Å². The van der Waals surface area contributed by atoms with Crippen LogP contribution in [0.4, 0.5) is 0 Å². The fraction of sp³-hybridized carbons (Fsp3) is 0.912.